The van der Waals surface area contributed by atoms with Crippen molar-refractivity contribution >= 4 is 16.0 Å². The molecule has 0 radical (unpaired) electrons. The molecule has 0 aromatic heterocycles. The van der Waals surface area contributed by atoms with Gasteiger partial charge in [0, 0.05) is 52.8 Å². The van der Waals surface area contributed by atoms with Crippen LogP contribution in [0.25, 0.3) is 0 Å². The molecule has 3 rings (SSSR count). The first-order chi connectivity index (χ1) is 13.5. The molecule has 0 aliphatic carbocycles. The molecule has 0 saturated carbocycles. The van der Waals surface area contributed by atoms with Gasteiger partial charge in [0.2, 0.25) is 10.0 Å². The molecule has 1 unspecified atom stereocenters. The van der Waals surface area contributed by atoms with Gasteiger partial charge in [-0.25, -0.2) is 8.42 Å². The molecule has 1 atom stereocenters. The molecule has 156 valence electrons. The van der Waals surface area contributed by atoms with Crippen molar-refractivity contribution in [3.63, 3.8) is 0 Å². The number of piperidine rings is 1. The third kappa shape index (κ3) is 5.24. The van der Waals surface area contributed by atoms with Gasteiger partial charge >= 0.3 is 0 Å². The summed E-state index contributed by atoms with van der Waals surface area (Å²) in [4.78, 5) is 6.93. The van der Waals surface area contributed by atoms with Crippen LogP contribution in [0, 0.1) is 11.8 Å². The predicted molar refractivity (Wildman–Crippen MR) is 111 cm³/mol. The van der Waals surface area contributed by atoms with Crippen molar-refractivity contribution in [2.24, 2.45) is 16.8 Å². The Morgan fingerprint density at radius 2 is 1.93 bits per heavy atom. The molecule has 2 aliphatic heterocycles. The third-order valence-corrected chi connectivity index (χ3v) is 7.55. The predicted octanol–water partition coefficient (Wildman–Crippen LogP) is 1.63. The normalized spacial score (nSPS) is 22.4. The second kappa shape index (κ2) is 9.71. The third-order valence-electron chi connectivity index (χ3n) is 5.63. The van der Waals surface area contributed by atoms with Crippen molar-refractivity contribution in [3.05, 3.63) is 30.3 Å². The Morgan fingerprint density at radius 3 is 2.54 bits per heavy atom. The van der Waals surface area contributed by atoms with Crippen LogP contribution in [0.15, 0.2) is 40.2 Å². The fourth-order valence-corrected chi connectivity index (χ4v) is 5.41. The van der Waals surface area contributed by atoms with Crippen LogP contribution < -0.4 is 5.32 Å². The molecule has 8 heteroatoms. The van der Waals surface area contributed by atoms with Gasteiger partial charge in [0.25, 0.3) is 0 Å². The average Bonchev–Trinajstić information content (AvgIpc) is 3.22. The number of hydrogen-bond acceptors (Lipinski definition) is 4. The highest BCUT2D eigenvalue weighted by atomic mass is 32.2. The molecule has 0 bridgehead atoms. The highest BCUT2D eigenvalue weighted by molar-refractivity contribution is 7.89. The maximum atomic E-state index is 12.7. The molecular weight excluding hydrogens is 376 g/mol. The summed E-state index contributed by atoms with van der Waals surface area (Å²) >= 11 is 0. The zero-order valence-electron chi connectivity index (χ0n) is 16.9. The zero-order valence-corrected chi connectivity index (χ0v) is 17.7. The molecule has 28 heavy (non-hydrogen) atoms. The Hall–Kier alpha value is -1.64. The molecular formula is C20H32N4O3S. The van der Waals surface area contributed by atoms with Crippen LogP contribution in [0.5, 0.6) is 0 Å². The maximum absolute atomic E-state index is 12.7. The van der Waals surface area contributed by atoms with Crippen molar-refractivity contribution in [3.8, 4) is 0 Å². The van der Waals surface area contributed by atoms with Crippen LogP contribution in [0.2, 0.25) is 0 Å². The molecule has 1 aromatic rings. The van der Waals surface area contributed by atoms with Gasteiger partial charge in [-0.2, -0.15) is 4.31 Å². The van der Waals surface area contributed by atoms with E-state index in [1.54, 1.807) is 35.6 Å². The van der Waals surface area contributed by atoms with Crippen LogP contribution in [0.1, 0.15) is 19.3 Å². The highest BCUT2D eigenvalue weighted by Crippen LogP contribution is 2.23. The molecule has 7 nitrogen and oxygen atoms in total. The average molecular weight is 409 g/mol. The van der Waals surface area contributed by atoms with Crippen LogP contribution in [-0.4, -0.2) is 77.1 Å². The van der Waals surface area contributed by atoms with E-state index in [1.807, 2.05) is 6.07 Å². The summed E-state index contributed by atoms with van der Waals surface area (Å²) in [7, 11) is 0.484. The van der Waals surface area contributed by atoms with Crippen molar-refractivity contribution in [1.82, 2.24) is 14.5 Å². The van der Waals surface area contributed by atoms with E-state index in [1.165, 1.54) is 0 Å². The Morgan fingerprint density at radius 1 is 1.21 bits per heavy atom. The first-order valence-corrected chi connectivity index (χ1v) is 11.5. The van der Waals surface area contributed by atoms with E-state index in [-0.39, 0.29) is 0 Å². The molecule has 2 fully saturated rings. The molecule has 2 aliphatic rings. The number of hydrogen-bond donors (Lipinski definition) is 1. The minimum atomic E-state index is -3.38. The van der Waals surface area contributed by atoms with Gasteiger partial charge < -0.3 is 15.0 Å². The van der Waals surface area contributed by atoms with E-state index in [4.69, 9.17) is 4.74 Å². The Kier molecular flexibility index (Phi) is 7.31. The van der Waals surface area contributed by atoms with Gasteiger partial charge in [-0.3, -0.25) is 4.99 Å². The number of sulfonamides is 1. The molecule has 1 aromatic carbocycles. The topological polar surface area (TPSA) is 74.2 Å². The fraction of sp³-hybridized carbons (Fsp3) is 0.650. The van der Waals surface area contributed by atoms with Gasteiger partial charge in [0.15, 0.2) is 5.96 Å². The second-order valence-corrected chi connectivity index (χ2v) is 9.64. The Balaban J connectivity index is 1.46. The number of nitrogens with zero attached hydrogens (tertiary/aromatic N) is 3. The van der Waals surface area contributed by atoms with Gasteiger partial charge in [-0.1, -0.05) is 18.2 Å². The van der Waals surface area contributed by atoms with Gasteiger partial charge in [-0.05, 0) is 37.3 Å². The quantitative estimate of drug-likeness (QED) is 0.572. The summed E-state index contributed by atoms with van der Waals surface area (Å²) in [6.07, 6.45) is 2.82. The van der Waals surface area contributed by atoms with E-state index >= 15 is 0 Å². The van der Waals surface area contributed by atoms with Crippen LogP contribution >= 0.6 is 0 Å². The van der Waals surface area contributed by atoms with Crippen molar-refractivity contribution < 1.29 is 13.2 Å². The van der Waals surface area contributed by atoms with E-state index in [0.29, 0.717) is 29.8 Å². The highest BCUT2D eigenvalue weighted by Gasteiger charge is 2.29. The maximum Gasteiger partial charge on any atom is 0.243 e. The van der Waals surface area contributed by atoms with Crippen molar-refractivity contribution in [2.75, 3.05) is 53.5 Å². The summed E-state index contributed by atoms with van der Waals surface area (Å²) in [6.45, 7) is 4.57. The monoisotopic (exact) mass is 408 g/mol. The lowest BCUT2D eigenvalue weighted by Gasteiger charge is -2.32. The lowest BCUT2D eigenvalue weighted by molar-refractivity contribution is 0.181. The SMILES string of the molecule is CN=C(NCC1CCN(S(=O)(=O)c2ccccc2)CC1)N(C)CC1CCOC1. The Labute approximate surface area is 168 Å². The second-order valence-electron chi connectivity index (χ2n) is 7.70. The van der Waals surface area contributed by atoms with Crippen LogP contribution in [-0.2, 0) is 14.8 Å². The number of aliphatic imine (C=N–C) groups is 1. The van der Waals surface area contributed by atoms with E-state index < -0.39 is 10.0 Å². The minimum Gasteiger partial charge on any atom is -0.381 e. The molecule has 1 N–H and O–H groups in total. The van der Waals surface area contributed by atoms with E-state index in [0.717, 1.165) is 51.5 Å². The van der Waals surface area contributed by atoms with E-state index in [9.17, 15) is 8.42 Å². The van der Waals surface area contributed by atoms with Gasteiger partial charge in [-0.15, -0.1) is 0 Å². The standard InChI is InChI=1S/C20H32N4O3S/c1-21-20(23(2)15-18-10-13-27-16-18)22-14-17-8-11-24(12-9-17)28(25,26)19-6-4-3-5-7-19/h3-7,17-18H,8-16H2,1-2H3,(H,21,22). The number of ether oxygens (including phenoxy) is 1. The van der Waals surface area contributed by atoms with E-state index in [2.05, 4.69) is 22.3 Å². The molecule has 0 amide bonds. The number of benzene rings is 1. The van der Waals surface area contributed by atoms with Crippen molar-refractivity contribution in [1.29, 1.82) is 0 Å². The first kappa shape index (κ1) is 21.1. The lowest BCUT2D eigenvalue weighted by Crippen LogP contribution is -2.45. The first-order valence-electron chi connectivity index (χ1n) is 10.1. The summed E-state index contributed by atoms with van der Waals surface area (Å²) in [5, 5.41) is 3.47. The number of nitrogens with one attached hydrogen (secondary N) is 1. The molecule has 2 heterocycles. The molecule has 0 spiro atoms. The summed E-state index contributed by atoms with van der Waals surface area (Å²) < 4.78 is 32.5. The minimum absolute atomic E-state index is 0.379. The summed E-state index contributed by atoms with van der Waals surface area (Å²) in [5.41, 5.74) is 0. The lowest BCUT2D eigenvalue weighted by atomic mass is 9.98. The van der Waals surface area contributed by atoms with Gasteiger partial charge in [0.05, 0.1) is 11.5 Å². The fourth-order valence-electron chi connectivity index (χ4n) is 3.92. The van der Waals surface area contributed by atoms with Crippen LogP contribution in [0.4, 0.5) is 0 Å². The van der Waals surface area contributed by atoms with Crippen LogP contribution in [0.3, 0.4) is 0 Å². The Bertz CT molecular complexity index is 740. The molecule has 2 saturated heterocycles. The number of rotatable bonds is 6. The zero-order chi connectivity index (χ0) is 20.0. The largest absolute Gasteiger partial charge is 0.381 e. The number of guanidine groups is 1. The summed E-state index contributed by atoms with van der Waals surface area (Å²) in [6, 6.07) is 8.70. The van der Waals surface area contributed by atoms with Gasteiger partial charge in [0.1, 0.15) is 0 Å². The summed E-state index contributed by atoms with van der Waals surface area (Å²) in [5.74, 6) is 1.91. The smallest absolute Gasteiger partial charge is 0.243 e. The van der Waals surface area contributed by atoms with Crippen molar-refractivity contribution in [2.45, 2.75) is 24.2 Å².